The Hall–Kier alpha value is -2.57. The van der Waals surface area contributed by atoms with Gasteiger partial charge in [0.1, 0.15) is 11.4 Å². The lowest BCUT2D eigenvalue weighted by atomic mass is 10.1. The Kier molecular flexibility index (Phi) is 6.46. The number of para-hydroxylation sites is 1. The number of carbonyl (C=O) groups excluding carboxylic acids is 2. The summed E-state index contributed by atoms with van der Waals surface area (Å²) in [7, 11) is 1.37. The quantitative estimate of drug-likeness (QED) is 0.772. The van der Waals surface area contributed by atoms with Crippen LogP contribution < -0.4 is 0 Å². The van der Waals surface area contributed by atoms with Crippen LogP contribution in [0.15, 0.2) is 18.2 Å². The van der Waals surface area contributed by atoms with Crippen LogP contribution in [-0.2, 0) is 20.7 Å². The molecule has 148 valence electrons. The Labute approximate surface area is 160 Å². The summed E-state index contributed by atoms with van der Waals surface area (Å²) in [5.41, 5.74) is 1.75. The van der Waals surface area contributed by atoms with Gasteiger partial charge >= 0.3 is 12.1 Å². The molecule has 0 radical (unpaired) electrons. The Morgan fingerprint density at radius 3 is 2.59 bits per heavy atom. The van der Waals surface area contributed by atoms with Gasteiger partial charge < -0.3 is 14.5 Å². The molecule has 7 heteroatoms. The van der Waals surface area contributed by atoms with E-state index in [0.717, 1.165) is 17.5 Å². The van der Waals surface area contributed by atoms with Crippen molar-refractivity contribution in [2.45, 2.75) is 59.1 Å². The maximum absolute atomic E-state index is 12.6. The number of H-pyrrole nitrogens is 1. The lowest BCUT2D eigenvalue weighted by molar-refractivity contribution is -0.139. The molecule has 0 bridgehead atoms. The number of hydrogen-bond acceptors (Lipinski definition) is 5. The van der Waals surface area contributed by atoms with Gasteiger partial charge in [0.15, 0.2) is 0 Å². The Morgan fingerprint density at radius 2 is 2.00 bits per heavy atom. The van der Waals surface area contributed by atoms with Gasteiger partial charge in [0, 0.05) is 6.54 Å². The molecule has 0 aliphatic rings. The number of aromatic nitrogens is 2. The largest absolute Gasteiger partial charge is 0.469 e. The van der Waals surface area contributed by atoms with Crippen molar-refractivity contribution in [1.29, 1.82) is 0 Å². The van der Waals surface area contributed by atoms with Crippen molar-refractivity contribution >= 4 is 23.1 Å². The van der Waals surface area contributed by atoms with E-state index < -0.39 is 5.60 Å². The molecule has 1 heterocycles. The van der Waals surface area contributed by atoms with Crippen LogP contribution in [0.4, 0.5) is 4.79 Å². The number of nitrogens with zero attached hydrogens (tertiary/aromatic N) is 2. The second-order valence-electron chi connectivity index (χ2n) is 7.54. The van der Waals surface area contributed by atoms with Gasteiger partial charge in [-0.15, -0.1) is 0 Å². The van der Waals surface area contributed by atoms with Crippen LogP contribution in [0.1, 0.15) is 58.5 Å². The number of rotatable bonds is 6. The van der Waals surface area contributed by atoms with E-state index in [0.29, 0.717) is 17.9 Å². The highest BCUT2D eigenvalue weighted by atomic mass is 16.6. The zero-order valence-electron chi connectivity index (χ0n) is 17.0. The zero-order chi connectivity index (χ0) is 20.2. The molecule has 1 N–H and O–H groups in total. The minimum Gasteiger partial charge on any atom is -0.469 e. The molecule has 7 nitrogen and oxygen atoms in total. The molecule has 2 rings (SSSR count). The van der Waals surface area contributed by atoms with Crippen molar-refractivity contribution < 1.29 is 19.1 Å². The molecule has 0 fully saturated rings. The summed E-state index contributed by atoms with van der Waals surface area (Å²) in [6.45, 7) is 10.0. The predicted molar refractivity (Wildman–Crippen MR) is 103 cm³/mol. The first-order valence-electron chi connectivity index (χ1n) is 9.20. The first kappa shape index (κ1) is 20.7. The van der Waals surface area contributed by atoms with E-state index >= 15 is 0 Å². The molecule has 0 saturated heterocycles. The van der Waals surface area contributed by atoms with Gasteiger partial charge in [-0.1, -0.05) is 19.1 Å². The third-order valence-corrected chi connectivity index (χ3v) is 4.13. The number of amides is 1. The van der Waals surface area contributed by atoms with E-state index in [1.807, 2.05) is 52.8 Å². The van der Waals surface area contributed by atoms with E-state index in [-0.39, 0.29) is 24.5 Å². The average molecular weight is 375 g/mol. The number of fused-ring (bicyclic) bond motifs is 1. The SMILES string of the molecule is CCCN(C(=O)OC(C)(C)C)C(C)c1nc2c(CC(=O)OC)cccc2[nH]1. The van der Waals surface area contributed by atoms with Crippen LogP contribution in [0.2, 0.25) is 0 Å². The first-order chi connectivity index (χ1) is 12.7. The number of esters is 1. The second kappa shape index (κ2) is 8.41. The first-order valence-corrected chi connectivity index (χ1v) is 9.20. The third kappa shape index (κ3) is 5.21. The highest BCUT2D eigenvalue weighted by Gasteiger charge is 2.28. The summed E-state index contributed by atoms with van der Waals surface area (Å²) in [6.07, 6.45) is 0.585. The Bertz CT molecular complexity index is 807. The van der Waals surface area contributed by atoms with E-state index in [4.69, 9.17) is 9.47 Å². The molecule has 1 aromatic carbocycles. The van der Waals surface area contributed by atoms with E-state index in [1.54, 1.807) is 4.90 Å². The zero-order valence-corrected chi connectivity index (χ0v) is 17.0. The highest BCUT2D eigenvalue weighted by Crippen LogP contribution is 2.25. The van der Waals surface area contributed by atoms with Crippen molar-refractivity contribution in [2.24, 2.45) is 0 Å². The van der Waals surface area contributed by atoms with Crippen LogP contribution in [0.25, 0.3) is 11.0 Å². The van der Waals surface area contributed by atoms with Gasteiger partial charge in [-0.25, -0.2) is 9.78 Å². The minimum atomic E-state index is -0.565. The van der Waals surface area contributed by atoms with Gasteiger partial charge in [0.2, 0.25) is 0 Å². The molecule has 27 heavy (non-hydrogen) atoms. The molecular formula is C20H29N3O4. The van der Waals surface area contributed by atoms with Crippen molar-refractivity contribution in [3.05, 3.63) is 29.6 Å². The summed E-state index contributed by atoms with van der Waals surface area (Å²) >= 11 is 0. The number of hydrogen-bond donors (Lipinski definition) is 1. The molecule has 0 spiro atoms. The molecule has 0 aliphatic carbocycles. The fourth-order valence-corrected chi connectivity index (χ4v) is 2.83. The fourth-order valence-electron chi connectivity index (χ4n) is 2.83. The Balaban J connectivity index is 2.34. The number of carbonyl (C=O) groups is 2. The lowest BCUT2D eigenvalue weighted by Crippen LogP contribution is -2.39. The second-order valence-corrected chi connectivity index (χ2v) is 7.54. The van der Waals surface area contributed by atoms with E-state index in [1.165, 1.54) is 7.11 Å². The number of ether oxygens (including phenoxy) is 2. The molecule has 0 aliphatic heterocycles. The predicted octanol–water partition coefficient (Wildman–Crippen LogP) is 3.99. The summed E-state index contributed by atoms with van der Waals surface area (Å²) in [5.74, 6) is 0.336. The monoisotopic (exact) mass is 375 g/mol. The van der Waals surface area contributed by atoms with Gasteiger partial charge in [0.25, 0.3) is 0 Å². The van der Waals surface area contributed by atoms with Crippen LogP contribution >= 0.6 is 0 Å². The third-order valence-electron chi connectivity index (χ3n) is 4.13. The van der Waals surface area contributed by atoms with Gasteiger partial charge in [-0.3, -0.25) is 9.69 Å². The van der Waals surface area contributed by atoms with Gasteiger partial charge in [0.05, 0.1) is 30.6 Å². The maximum atomic E-state index is 12.6. The summed E-state index contributed by atoms with van der Waals surface area (Å²) in [4.78, 5) is 33.9. The lowest BCUT2D eigenvalue weighted by Gasteiger charge is -2.30. The molecular weight excluding hydrogens is 346 g/mol. The Morgan fingerprint density at radius 1 is 1.30 bits per heavy atom. The van der Waals surface area contributed by atoms with Crippen molar-refractivity contribution in [3.63, 3.8) is 0 Å². The molecule has 1 unspecified atom stereocenters. The number of benzene rings is 1. The van der Waals surface area contributed by atoms with E-state index in [2.05, 4.69) is 9.97 Å². The van der Waals surface area contributed by atoms with Crippen molar-refractivity contribution in [1.82, 2.24) is 14.9 Å². The summed E-state index contributed by atoms with van der Waals surface area (Å²) < 4.78 is 10.3. The van der Waals surface area contributed by atoms with Crippen molar-refractivity contribution in [2.75, 3.05) is 13.7 Å². The average Bonchev–Trinajstić information content (AvgIpc) is 3.02. The topological polar surface area (TPSA) is 84.5 Å². The molecule has 1 aromatic heterocycles. The molecule has 1 amide bonds. The molecule has 2 aromatic rings. The van der Waals surface area contributed by atoms with Gasteiger partial charge in [-0.05, 0) is 45.7 Å². The number of nitrogens with one attached hydrogen (secondary N) is 1. The normalized spacial score (nSPS) is 12.7. The summed E-state index contributed by atoms with van der Waals surface area (Å²) in [6, 6.07) is 5.33. The van der Waals surface area contributed by atoms with Crippen LogP contribution in [0.5, 0.6) is 0 Å². The van der Waals surface area contributed by atoms with Crippen molar-refractivity contribution in [3.8, 4) is 0 Å². The minimum absolute atomic E-state index is 0.150. The molecule has 0 saturated carbocycles. The van der Waals surface area contributed by atoms with Crippen LogP contribution in [0.3, 0.4) is 0 Å². The molecule has 1 atom stereocenters. The van der Waals surface area contributed by atoms with E-state index in [9.17, 15) is 9.59 Å². The van der Waals surface area contributed by atoms with Crippen LogP contribution in [-0.4, -0.2) is 46.2 Å². The number of methoxy groups -OCH3 is 1. The number of aromatic amines is 1. The van der Waals surface area contributed by atoms with Gasteiger partial charge in [-0.2, -0.15) is 0 Å². The highest BCUT2D eigenvalue weighted by molar-refractivity contribution is 5.84. The maximum Gasteiger partial charge on any atom is 0.410 e. The fraction of sp³-hybridized carbons (Fsp3) is 0.550. The van der Waals surface area contributed by atoms with Crippen LogP contribution in [0, 0.1) is 0 Å². The number of imidazole rings is 1. The summed E-state index contributed by atoms with van der Waals surface area (Å²) in [5, 5.41) is 0. The standard InChI is InChI=1S/C20H29N3O4/c1-7-11-23(19(25)27-20(3,4)5)13(2)18-21-15-10-8-9-14(17(15)22-18)12-16(24)26-6/h8-10,13H,7,11-12H2,1-6H3,(H,21,22). The smallest absolute Gasteiger partial charge is 0.410 e.